The van der Waals surface area contributed by atoms with Crippen LogP contribution in [0.15, 0.2) is 48.5 Å². The number of hydrogen-bond acceptors (Lipinski definition) is 3. The third-order valence-corrected chi connectivity index (χ3v) is 5.34. The van der Waals surface area contributed by atoms with E-state index >= 15 is 0 Å². The van der Waals surface area contributed by atoms with Gasteiger partial charge in [0.05, 0.1) is 11.3 Å². The van der Waals surface area contributed by atoms with Crippen molar-refractivity contribution in [3.8, 4) is 5.75 Å². The third kappa shape index (κ3) is 5.37. The standard InChI is InChI=1S/C24H30N2O3/c1-3-19-12-6-9-15-22(19)29-18(2)23(27)25-21-14-8-7-13-20(21)24(28)26-16-10-4-5-11-17-26/h6-9,12-15,18H,3-5,10-11,16-17H2,1-2H3,(H,25,27)/t18-/m0/s1. The van der Waals surface area contributed by atoms with Gasteiger partial charge < -0.3 is 15.0 Å². The number of benzene rings is 2. The van der Waals surface area contributed by atoms with Crippen LogP contribution in [0.2, 0.25) is 0 Å². The molecule has 2 amide bonds. The number of rotatable bonds is 6. The molecule has 154 valence electrons. The Labute approximate surface area is 173 Å². The maximum Gasteiger partial charge on any atom is 0.265 e. The van der Waals surface area contributed by atoms with Crippen LogP contribution in [0.4, 0.5) is 5.69 Å². The zero-order valence-electron chi connectivity index (χ0n) is 17.3. The van der Waals surface area contributed by atoms with Crippen molar-refractivity contribution in [3.63, 3.8) is 0 Å². The van der Waals surface area contributed by atoms with Gasteiger partial charge in [0, 0.05) is 13.1 Å². The number of carbonyl (C=O) groups is 2. The number of para-hydroxylation sites is 2. The van der Waals surface area contributed by atoms with E-state index in [9.17, 15) is 9.59 Å². The largest absolute Gasteiger partial charge is 0.481 e. The first-order chi connectivity index (χ1) is 14.1. The van der Waals surface area contributed by atoms with Gasteiger partial charge in [-0.3, -0.25) is 9.59 Å². The molecule has 5 nitrogen and oxygen atoms in total. The predicted octanol–water partition coefficient (Wildman–Crippen LogP) is 4.67. The number of likely N-dealkylation sites (tertiary alicyclic amines) is 1. The van der Waals surface area contributed by atoms with Gasteiger partial charge >= 0.3 is 0 Å². The van der Waals surface area contributed by atoms with Crippen molar-refractivity contribution in [2.24, 2.45) is 0 Å². The van der Waals surface area contributed by atoms with Crippen LogP contribution >= 0.6 is 0 Å². The Morgan fingerprint density at radius 1 is 1.00 bits per heavy atom. The molecule has 1 saturated heterocycles. The van der Waals surface area contributed by atoms with Crippen molar-refractivity contribution in [2.75, 3.05) is 18.4 Å². The lowest BCUT2D eigenvalue weighted by molar-refractivity contribution is -0.122. The monoisotopic (exact) mass is 394 g/mol. The summed E-state index contributed by atoms with van der Waals surface area (Å²) in [4.78, 5) is 27.7. The van der Waals surface area contributed by atoms with Crippen LogP contribution in [0, 0.1) is 0 Å². The van der Waals surface area contributed by atoms with Gasteiger partial charge in [-0.15, -0.1) is 0 Å². The van der Waals surface area contributed by atoms with Crippen LogP contribution in [-0.2, 0) is 11.2 Å². The zero-order valence-corrected chi connectivity index (χ0v) is 17.3. The molecule has 2 aromatic rings. The Morgan fingerprint density at radius 3 is 2.38 bits per heavy atom. The highest BCUT2D eigenvalue weighted by molar-refractivity contribution is 6.04. The summed E-state index contributed by atoms with van der Waals surface area (Å²) in [5, 5.41) is 2.89. The Kier molecular flexibility index (Phi) is 7.28. The number of ether oxygens (including phenoxy) is 1. The van der Waals surface area contributed by atoms with Gasteiger partial charge in [-0.2, -0.15) is 0 Å². The first kappa shape index (κ1) is 20.9. The van der Waals surface area contributed by atoms with Crippen LogP contribution in [0.1, 0.15) is 55.5 Å². The lowest BCUT2D eigenvalue weighted by Crippen LogP contribution is -2.34. The molecule has 1 N–H and O–H groups in total. The average molecular weight is 395 g/mol. The number of nitrogens with one attached hydrogen (secondary N) is 1. The van der Waals surface area contributed by atoms with Gasteiger partial charge in [0.25, 0.3) is 11.8 Å². The lowest BCUT2D eigenvalue weighted by atomic mass is 10.1. The van der Waals surface area contributed by atoms with Gasteiger partial charge in [0.15, 0.2) is 6.10 Å². The summed E-state index contributed by atoms with van der Waals surface area (Å²) < 4.78 is 5.90. The van der Waals surface area contributed by atoms with Crippen LogP contribution in [-0.4, -0.2) is 35.9 Å². The molecule has 0 aromatic heterocycles. The van der Waals surface area contributed by atoms with Crippen molar-refractivity contribution in [1.29, 1.82) is 0 Å². The molecule has 0 saturated carbocycles. The summed E-state index contributed by atoms with van der Waals surface area (Å²) in [6.45, 7) is 5.32. The fraction of sp³-hybridized carbons (Fsp3) is 0.417. The number of nitrogens with zero attached hydrogens (tertiary/aromatic N) is 1. The molecule has 3 rings (SSSR count). The molecule has 0 aliphatic carbocycles. The fourth-order valence-electron chi connectivity index (χ4n) is 3.61. The molecule has 1 aliphatic rings. The molecule has 0 spiro atoms. The minimum Gasteiger partial charge on any atom is -0.481 e. The molecule has 2 aromatic carbocycles. The first-order valence-electron chi connectivity index (χ1n) is 10.5. The summed E-state index contributed by atoms with van der Waals surface area (Å²) >= 11 is 0. The average Bonchev–Trinajstić information content (AvgIpc) is 3.03. The molecular weight excluding hydrogens is 364 g/mol. The molecule has 0 bridgehead atoms. The second-order valence-electron chi connectivity index (χ2n) is 7.46. The Balaban J connectivity index is 1.71. The second-order valence-corrected chi connectivity index (χ2v) is 7.46. The number of anilines is 1. The number of amides is 2. The SMILES string of the molecule is CCc1ccccc1O[C@@H](C)C(=O)Nc1ccccc1C(=O)N1CCCCCC1. The van der Waals surface area contributed by atoms with E-state index in [0.29, 0.717) is 17.0 Å². The lowest BCUT2D eigenvalue weighted by Gasteiger charge is -2.22. The van der Waals surface area contributed by atoms with Gasteiger partial charge in [-0.1, -0.05) is 50.1 Å². The van der Waals surface area contributed by atoms with E-state index in [1.54, 1.807) is 19.1 Å². The van der Waals surface area contributed by atoms with E-state index in [0.717, 1.165) is 50.8 Å². The van der Waals surface area contributed by atoms with E-state index < -0.39 is 6.10 Å². The van der Waals surface area contributed by atoms with Crippen molar-refractivity contribution in [3.05, 3.63) is 59.7 Å². The smallest absolute Gasteiger partial charge is 0.265 e. The highest BCUT2D eigenvalue weighted by Crippen LogP contribution is 2.22. The number of carbonyl (C=O) groups excluding carboxylic acids is 2. The van der Waals surface area contributed by atoms with Crippen LogP contribution in [0.5, 0.6) is 5.75 Å². The van der Waals surface area contributed by atoms with E-state index in [1.807, 2.05) is 41.3 Å². The molecular formula is C24H30N2O3. The Morgan fingerprint density at radius 2 is 1.66 bits per heavy atom. The first-order valence-corrected chi connectivity index (χ1v) is 10.5. The van der Waals surface area contributed by atoms with Crippen LogP contribution in [0.25, 0.3) is 0 Å². The third-order valence-electron chi connectivity index (χ3n) is 5.34. The normalized spacial score (nSPS) is 15.3. The maximum atomic E-state index is 13.0. The van der Waals surface area contributed by atoms with Gasteiger partial charge in [0.2, 0.25) is 0 Å². The molecule has 5 heteroatoms. The van der Waals surface area contributed by atoms with E-state index in [1.165, 1.54) is 0 Å². The van der Waals surface area contributed by atoms with Gasteiger partial charge in [-0.25, -0.2) is 0 Å². The summed E-state index contributed by atoms with van der Waals surface area (Å²) in [6, 6.07) is 14.9. The molecule has 1 atom stereocenters. The van der Waals surface area contributed by atoms with Crippen LogP contribution in [0.3, 0.4) is 0 Å². The molecule has 29 heavy (non-hydrogen) atoms. The van der Waals surface area contributed by atoms with E-state index in [-0.39, 0.29) is 11.8 Å². The molecule has 1 fully saturated rings. The molecule has 0 radical (unpaired) electrons. The quantitative estimate of drug-likeness (QED) is 0.774. The Hall–Kier alpha value is -2.82. The van der Waals surface area contributed by atoms with E-state index in [2.05, 4.69) is 12.2 Å². The highest BCUT2D eigenvalue weighted by Gasteiger charge is 2.22. The Bertz CT molecular complexity index is 842. The number of hydrogen-bond donors (Lipinski definition) is 1. The maximum absolute atomic E-state index is 13.0. The van der Waals surface area contributed by atoms with Crippen LogP contribution < -0.4 is 10.1 Å². The van der Waals surface area contributed by atoms with Crippen molar-refractivity contribution in [1.82, 2.24) is 4.90 Å². The highest BCUT2D eigenvalue weighted by atomic mass is 16.5. The zero-order chi connectivity index (χ0) is 20.6. The summed E-state index contributed by atoms with van der Waals surface area (Å²) in [6.07, 6.45) is 4.54. The molecule has 1 heterocycles. The minimum absolute atomic E-state index is 0.0206. The van der Waals surface area contributed by atoms with Crippen molar-refractivity contribution >= 4 is 17.5 Å². The molecule has 1 aliphatic heterocycles. The second kappa shape index (κ2) is 10.1. The van der Waals surface area contributed by atoms with Gasteiger partial charge in [0.1, 0.15) is 5.75 Å². The summed E-state index contributed by atoms with van der Waals surface area (Å²) in [7, 11) is 0. The fourth-order valence-corrected chi connectivity index (χ4v) is 3.61. The summed E-state index contributed by atoms with van der Waals surface area (Å²) in [5.41, 5.74) is 2.12. The topological polar surface area (TPSA) is 58.6 Å². The minimum atomic E-state index is -0.677. The van der Waals surface area contributed by atoms with Crippen molar-refractivity contribution in [2.45, 2.75) is 52.1 Å². The van der Waals surface area contributed by atoms with E-state index in [4.69, 9.17) is 4.74 Å². The number of aryl methyl sites for hydroxylation is 1. The van der Waals surface area contributed by atoms with Gasteiger partial charge in [-0.05, 0) is 49.9 Å². The summed E-state index contributed by atoms with van der Waals surface area (Å²) in [5.74, 6) is 0.423. The molecule has 0 unspecified atom stereocenters. The predicted molar refractivity (Wildman–Crippen MR) is 115 cm³/mol. The van der Waals surface area contributed by atoms with Crippen molar-refractivity contribution < 1.29 is 14.3 Å².